The van der Waals surface area contributed by atoms with E-state index in [0.717, 1.165) is 40.2 Å². The lowest BCUT2D eigenvalue weighted by atomic mass is 9.79. The Balaban J connectivity index is 1.22. The third kappa shape index (κ3) is 4.16. The van der Waals surface area contributed by atoms with Gasteiger partial charge in [0.15, 0.2) is 0 Å². The molecule has 1 unspecified atom stereocenters. The zero-order valence-corrected chi connectivity index (χ0v) is 22.2. The summed E-state index contributed by atoms with van der Waals surface area (Å²) in [7, 11) is -0.420. The number of ketones is 1. The molecule has 6 rings (SSSR count). The molecule has 198 valence electrons. The molecular weight excluding hydrogens is 483 g/mol. The number of aryl methyl sites for hydroxylation is 1. The Hall–Kier alpha value is -3.37. The van der Waals surface area contributed by atoms with Crippen molar-refractivity contribution in [1.29, 1.82) is 0 Å². The van der Waals surface area contributed by atoms with E-state index in [2.05, 4.69) is 20.9 Å². The minimum Gasteiger partial charge on any atom is -0.465 e. The van der Waals surface area contributed by atoms with Crippen LogP contribution in [0.25, 0.3) is 11.3 Å². The minimum atomic E-state index is -1.09. The summed E-state index contributed by atoms with van der Waals surface area (Å²) in [5.74, 6) is 0.212. The van der Waals surface area contributed by atoms with Gasteiger partial charge in [-0.25, -0.2) is 9.78 Å². The second-order valence-electron chi connectivity index (χ2n) is 11.7. The second kappa shape index (κ2) is 8.85. The van der Waals surface area contributed by atoms with Gasteiger partial charge in [-0.3, -0.25) is 4.79 Å². The average molecular weight is 516 g/mol. The van der Waals surface area contributed by atoms with Gasteiger partial charge in [0.25, 0.3) is 0 Å². The normalized spacial score (nSPS) is 25.6. The maximum atomic E-state index is 13.5. The highest BCUT2D eigenvalue weighted by atomic mass is 16.7. The molecule has 3 aliphatic rings. The van der Waals surface area contributed by atoms with Crippen molar-refractivity contribution in [2.45, 2.75) is 82.6 Å². The SMILES string of the molecule is CC1(C)OB(c2ccc(-c3c[nH]c([C@H]4CC(=O)C5c6c(ccn6C4)CC[C@@H]5NC(=O)O)n3)cc2)OC1(C)C. The van der Waals surface area contributed by atoms with Crippen LogP contribution in [0.5, 0.6) is 0 Å². The number of hydrogen-bond acceptors (Lipinski definition) is 5. The fraction of sp³-hybridized carbons (Fsp3) is 0.464. The quantitative estimate of drug-likeness (QED) is 0.456. The van der Waals surface area contributed by atoms with Gasteiger partial charge in [0.2, 0.25) is 0 Å². The van der Waals surface area contributed by atoms with E-state index in [1.54, 1.807) is 0 Å². The molecule has 1 fully saturated rings. The van der Waals surface area contributed by atoms with Crippen molar-refractivity contribution in [3.8, 4) is 11.3 Å². The van der Waals surface area contributed by atoms with Gasteiger partial charge in [-0.15, -0.1) is 0 Å². The number of benzene rings is 1. The monoisotopic (exact) mass is 516 g/mol. The number of rotatable bonds is 4. The van der Waals surface area contributed by atoms with Gasteiger partial charge in [0.05, 0.1) is 22.8 Å². The van der Waals surface area contributed by atoms with E-state index < -0.39 is 36.4 Å². The number of H-pyrrole nitrogens is 1. The largest absolute Gasteiger partial charge is 0.494 e. The summed E-state index contributed by atoms with van der Waals surface area (Å²) in [4.78, 5) is 33.1. The zero-order chi connectivity index (χ0) is 26.8. The topological polar surface area (TPSA) is 118 Å². The van der Waals surface area contributed by atoms with Crippen LogP contribution in [-0.2, 0) is 27.1 Å². The molecule has 0 spiro atoms. The van der Waals surface area contributed by atoms with Gasteiger partial charge >= 0.3 is 13.2 Å². The van der Waals surface area contributed by atoms with E-state index in [0.29, 0.717) is 19.4 Å². The van der Waals surface area contributed by atoms with Gasteiger partial charge in [-0.2, -0.15) is 0 Å². The van der Waals surface area contributed by atoms with E-state index in [1.165, 1.54) is 0 Å². The zero-order valence-electron chi connectivity index (χ0n) is 22.2. The van der Waals surface area contributed by atoms with Crippen LogP contribution >= 0.6 is 0 Å². The highest BCUT2D eigenvalue weighted by Crippen LogP contribution is 2.40. The molecule has 0 bridgehead atoms. The summed E-state index contributed by atoms with van der Waals surface area (Å²) in [5.41, 5.74) is 4.00. The molecule has 3 atom stereocenters. The Morgan fingerprint density at radius 3 is 2.55 bits per heavy atom. The fourth-order valence-electron chi connectivity index (χ4n) is 5.98. The number of hydrogen-bond donors (Lipinski definition) is 3. The highest BCUT2D eigenvalue weighted by molar-refractivity contribution is 6.62. The molecule has 4 heterocycles. The number of carbonyl (C=O) groups excluding carboxylic acids is 1. The summed E-state index contributed by atoms with van der Waals surface area (Å²) >= 11 is 0. The number of carboxylic acid groups (broad SMARTS) is 1. The van der Waals surface area contributed by atoms with E-state index >= 15 is 0 Å². The van der Waals surface area contributed by atoms with Gasteiger partial charge in [-0.05, 0) is 57.6 Å². The molecule has 0 radical (unpaired) electrons. The molecule has 2 aliphatic heterocycles. The second-order valence-corrected chi connectivity index (χ2v) is 11.7. The molecule has 3 aromatic rings. The molecule has 3 N–H and O–H groups in total. The summed E-state index contributed by atoms with van der Waals surface area (Å²) in [6.45, 7) is 8.77. The molecule has 10 heteroatoms. The molecule has 1 aliphatic carbocycles. The predicted molar refractivity (Wildman–Crippen MR) is 143 cm³/mol. The number of nitrogens with one attached hydrogen (secondary N) is 2. The number of imidazole rings is 1. The van der Waals surface area contributed by atoms with Crippen molar-refractivity contribution in [1.82, 2.24) is 19.9 Å². The Morgan fingerprint density at radius 1 is 1.16 bits per heavy atom. The lowest BCUT2D eigenvalue weighted by molar-refractivity contribution is -0.121. The summed E-state index contributed by atoms with van der Waals surface area (Å²) < 4.78 is 14.5. The van der Waals surface area contributed by atoms with Gasteiger partial charge in [0, 0.05) is 48.6 Å². The van der Waals surface area contributed by atoms with Gasteiger partial charge in [-0.1, -0.05) is 24.3 Å². The number of aromatic nitrogens is 3. The smallest absolute Gasteiger partial charge is 0.465 e. The van der Waals surface area contributed by atoms with Crippen LogP contribution in [0, 0.1) is 0 Å². The van der Waals surface area contributed by atoms with E-state index in [4.69, 9.17) is 14.3 Å². The first-order chi connectivity index (χ1) is 18.0. The molecular formula is C28H33BN4O5. The third-order valence-electron chi connectivity index (χ3n) is 8.75. The van der Waals surface area contributed by atoms with Crippen LogP contribution in [0.2, 0.25) is 0 Å². The highest BCUT2D eigenvalue weighted by Gasteiger charge is 2.51. The number of Topliss-reactive ketones (excluding diaryl/α,β-unsaturated/α-hetero) is 1. The number of aromatic amines is 1. The molecule has 38 heavy (non-hydrogen) atoms. The van der Waals surface area contributed by atoms with E-state index in [1.807, 2.05) is 64.4 Å². The lowest BCUT2D eigenvalue weighted by Crippen LogP contribution is -2.44. The Kier molecular flexibility index (Phi) is 5.81. The average Bonchev–Trinajstić information content (AvgIpc) is 3.52. The molecule has 1 saturated heterocycles. The van der Waals surface area contributed by atoms with E-state index in [-0.39, 0.29) is 11.7 Å². The molecule has 1 amide bonds. The number of amides is 1. The van der Waals surface area contributed by atoms with Crippen molar-refractivity contribution in [2.75, 3.05) is 0 Å². The molecule has 0 saturated carbocycles. The predicted octanol–water partition coefficient (Wildman–Crippen LogP) is 3.60. The summed E-state index contributed by atoms with van der Waals surface area (Å²) in [5, 5.41) is 11.9. The first-order valence-corrected chi connectivity index (χ1v) is 13.2. The van der Waals surface area contributed by atoms with Crippen LogP contribution in [-0.4, -0.2) is 55.9 Å². The van der Waals surface area contributed by atoms with Crippen LogP contribution in [0.4, 0.5) is 4.79 Å². The van der Waals surface area contributed by atoms with Gasteiger partial charge in [0.1, 0.15) is 11.6 Å². The Labute approximate surface area is 222 Å². The number of nitrogens with zero attached hydrogens (tertiary/aromatic N) is 2. The molecule has 2 aromatic heterocycles. The van der Waals surface area contributed by atoms with Crippen molar-refractivity contribution < 1.29 is 24.0 Å². The van der Waals surface area contributed by atoms with Crippen LogP contribution in [0.15, 0.2) is 42.7 Å². The maximum absolute atomic E-state index is 13.5. The van der Waals surface area contributed by atoms with Crippen molar-refractivity contribution in [3.05, 3.63) is 59.8 Å². The fourth-order valence-corrected chi connectivity index (χ4v) is 5.98. The Bertz CT molecular complexity index is 1380. The maximum Gasteiger partial charge on any atom is 0.494 e. The van der Waals surface area contributed by atoms with Crippen molar-refractivity contribution >= 4 is 24.5 Å². The van der Waals surface area contributed by atoms with Crippen LogP contribution < -0.4 is 10.8 Å². The minimum absolute atomic E-state index is 0.0527. The van der Waals surface area contributed by atoms with E-state index in [9.17, 15) is 14.7 Å². The first-order valence-electron chi connectivity index (χ1n) is 13.2. The summed E-state index contributed by atoms with van der Waals surface area (Å²) in [6, 6.07) is 9.68. The standard InChI is InChI=1S/C28H33BN4O5/c1-27(2)28(3,4)38-29(37-27)19-8-5-16(6-9-19)21-14-30-25(31-21)18-13-22(34)23-20(32-26(35)36)10-7-17-11-12-33(15-18)24(17)23/h5-6,8-9,11-12,14,18,20,23,32H,7,10,13,15H2,1-4H3,(H,30,31)(H,35,36)/t18-,20-,23?/m0/s1. The first kappa shape index (κ1) is 24.9. The summed E-state index contributed by atoms with van der Waals surface area (Å²) in [6.07, 6.45) is 4.49. The lowest BCUT2D eigenvalue weighted by Gasteiger charge is -2.32. The number of carbonyl (C=O) groups is 2. The third-order valence-corrected chi connectivity index (χ3v) is 8.75. The molecule has 9 nitrogen and oxygen atoms in total. The molecule has 1 aromatic carbocycles. The van der Waals surface area contributed by atoms with Crippen LogP contribution in [0.1, 0.15) is 69.5 Å². The van der Waals surface area contributed by atoms with Crippen molar-refractivity contribution in [2.24, 2.45) is 0 Å². The van der Waals surface area contributed by atoms with Gasteiger partial charge < -0.3 is 29.3 Å². The van der Waals surface area contributed by atoms with Crippen molar-refractivity contribution in [3.63, 3.8) is 0 Å². The Morgan fingerprint density at radius 2 is 1.87 bits per heavy atom. The van der Waals surface area contributed by atoms with Crippen LogP contribution in [0.3, 0.4) is 0 Å².